The Morgan fingerprint density at radius 2 is 0.895 bits per heavy atom. The molecule has 1 heterocycles. The van der Waals surface area contributed by atoms with Gasteiger partial charge >= 0.3 is 0 Å². The molecule has 38 heavy (non-hydrogen) atoms. The van der Waals surface area contributed by atoms with Crippen LogP contribution in [0.1, 0.15) is 0 Å². The quantitative estimate of drug-likeness (QED) is 0.229. The number of rotatable bonds is 2. The molecule has 1 aromatic heterocycles. The molecule has 0 saturated heterocycles. The van der Waals surface area contributed by atoms with Gasteiger partial charge in [0.1, 0.15) is 0 Å². The van der Waals surface area contributed by atoms with Gasteiger partial charge in [0, 0.05) is 16.3 Å². The standard InChI is InChI=1S/C36H22N2/c1-2-10-26-25(9-1)21-33(30-14-4-3-11-27(26)30)23-17-19-24(20-18-23)34-22-37-35-31-15-7-5-12-28(31)29-13-6-8-16-32(29)36(35)38-34/h1-22H. The molecule has 0 unspecified atom stereocenters. The summed E-state index contributed by atoms with van der Waals surface area (Å²) in [6.45, 7) is 0. The summed E-state index contributed by atoms with van der Waals surface area (Å²) in [5.41, 5.74) is 6.27. The molecule has 0 aliphatic carbocycles. The molecule has 0 atom stereocenters. The highest BCUT2D eigenvalue weighted by atomic mass is 14.8. The largest absolute Gasteiger partial charge is 0.252 e. The van der Waals surface area contributed by atoms with Crippen molar-refractivity contribution in [2.75, 3.05) is 0 Å². The van der Waals surface area contributed by atoms with E-state index in [1.165, 1.54) is 43.4 Å². The van der Waals surface area contributed by atoms with Crippen LogP contribution < -0.4 is 0 Å². The fourth-order valence-corrected chi connectivity index (χ4v) is 5.88. The van der Waals surface area contributed by atoms with Gasteiger partial charge in [-0.15, -0.1) is 0 Å². The summed E-state index contributed by atoms with van der Waals surface area (Å²) in [5.74, 6) is 0. The molecule has 8 aromatic rings. The van der Waals surface area contributed by atoms with Crippen LogP contribution in [0.25, 0.3) is 76.5 Å². The predicted molar refractivity (Wildman–Crippen MR) is 160 cm³/mol. The lowest BCUT2D eigenvalue weighted by Gasteiger charge is -2.12. The summed E-state index contributed by atoms with van der Waals surface area (Å²) in [5, 5.41) is 9.78. The maximum absolute atomic E-state index is 5.15. The van der Waals surface area contributed by atoms with Gasteiger partial charge in [0.05, 0.1) is 22.9 Å². The monoisotopic (exact) mass is 482 g/mol. The van der Waals surface area contributed by atoms with Gasteiger partial charge < -0.3 is 0 Å². The van der Waals surface area contributed by atoms with E-state index in [1.807, 2.05) is 6.20 Å². The van der Waals surface area contributed by atoms with E-state index in [2.05, 4.69) is 127 Å². The molecule has 0 amide bonds. The lowest BCUT2D eigenvalue weighted by atomic mass is 9.93. The van der Waals surface area contributed by atoms with Crippen LogP contribution in [-0.4, -0.2) is 9.97 Å². The Kier molecular flexibility index (Phi) is 4.55. The Bertz CT molecular complexity index is 2140. The highest BCUT2D eigenvalue weighted by molar-refractivity contribution is 6.23. The summed E-state index contributed by atoms with van der Waals surface area (Å²) in [7, 11) is 0. The molecular weight excluding hydrogens is 460 g/mol. The summed E-state index contributed by atoms with van der Waals surface area (Å²) in [6.07, 6.45) is 1.91. The van der Waals surface area contributed by atoms with Crippen LogP contribution in [0, 0.1) is 0 Å². The normalized spacial score (nSPS) is 11.7. The summed E-state index contributed by atoms with van der Waals surface area (Å²) < 4.78 is 0. The summed E-state index contributed by atoms with van der Waals surface area (Å²) in [4.78, 5) is 10.1. The van der Waals surface area contributed by atoms with E-state index < -0.39 is 0 Å². The molecule has 0 aliphatic heterocycles. The number of nitrogens with zero attached hydrogens (tertiary/aromatic N) is 2. The number of hydrogen-bond donors (Lipinski definition) is 0. The molecule has 0 spiro atoms. The Morgan fingerprint density at radius 1 is 0.395 bits per heavy atom. The van der Waals surface area contributed by atoms with Crippen molar-refractivity contribution < 1.29 is 0 Å². The van der Waals surface area contributed by atoms with E-state index in [9.17, 15) is 0 Å². The fraction of sp³-hybridized carbons (Fsp3) is 0. The SMILES string of the molecule is c1ccc2c(c1)cc(-c1ccc(-c3cnc4c5ccccc5c5ccccc5c4n3)cc1)c1ccccc12. The molecule has 0 N–H and O–H groups in total. The first-order valence-electron chi connectivity index (χ1n) is 12.9. The molecular formula is C36H22N2. The maximum Gasteiger partial charge on any atom is 0.0979 e. The molecule has 176 valence electrons. The fourth-order valence-electron chi connectivity index (χ4n) is 5.88. The van der Waals surface area contributed by atoms with Crippen molar-refractivity contribution >= 4 is 54.1 Å². The Labute approximate surface area is 219 Å². The number of aromatic nitrogens is 2. The molecule has 8 rings (SSSR count). The average molecular weight is 483 g/mol. The lowest BCUT2D eigenvalue weighted by molar-refractivity contribution is 1.31. The van der Waals surface area contributed by atoms with Crippen LogP contribution in [0.3, 0.4) is 0 Å². The Morgan fingerprint density at radius 3 is 1.58 bits per heavy atom. The van der Waals surface area contributed by atoms with Crippen molar-refractivity contribution in [2.24, 2.45) is 0 Å². The second-order valence-corrected chi connectivity index (χ2v) is 9.81. The smallest absolute Gasteiger partial charge is 0.0979 e. The van der Waals surface area contributed by atoms with Crippen molar-refractivity contribution in [3.05, 3.63) is 134 Å². The third-order valence-electron chi connectivity index (χ3n) is 7.69. The topological polar surface area (TPSA) is 25.8 Å². The minimum atomic E-state index is 0.882. The average Bonchev–Trinajstić information content (AvgIpc) is 3.01. The van der Waals surface area contributed by atoms with E-state index in [4.69, 9.17) is 9.97 Å². The highest BCUT2D eigenvalue weighted by Crippen LogP contribution is 2.37. The highest BCUT2D eigenvalue weighted by Gasteiger charge is 2.13. The van der Waals surface area contributed by atoms with Gasteiger partial charge in [0.2, 0.25) is 0 Å². The first kappa shape index (κ1) is 21.0. The van der Waals surface area contributed by atoms with Crippen molar-refractivity contribution in [3.63, 3.8) is 0 Å². The van der Waals surface area contributed by atoms with Crippen LogP contribution in [0.15, 0.2) is 134 Å². The van der Waals surface area contributed by atoms with Gasteiger partial charge in [-0.05, 0) is 49.5 Å². The third-order valence-corrected chi connectivity index (χ3v) is 7.69. The number of benzene rings is 7. The van der Waals surface area contributed by atoms with Crippen LogP contribution in [0.2, 0.25) is 0 Å². The summed E-state index contributed by atoms with van der Waals surface area (Å²) >= 11 is 0. The second kappa shape index (κ2) is 8.22. The van der Waals surface area contributed by atoms with Gasteiger partial charge in [-0.2, -0.15) is 0 Å². The molecule has 0 fully saturated rings. The van der Waals surface area contributed by atoms with Crippen molar-refractivity contribution in [1.82, 2.24) is 9.97 Å². The molecule has 0 saturated carbocycles. The molecule has 2 nitrogen and oxygen atoms in total. The zero-order valence-corrected chi connectivity index (χ0v) is 20.6. The summed E-state index contributed by atoms with van der Waals surface area (Å²) in [6, 6.07) is 45.3. The molecule has 2 heteroatoms. The van der Waals surface area contributed by atoms with Crippen molar-refractivity contribution in [3.8, 4) is 22.4 Å². The van der Waals surface area contributed by atoms with E-state index in [0.717, 1.165) is 33.1 Å². The first-order chi connectivity index (χ1) is 18.8. The van der Waals surface area contributed by atoms with Crippen LogP contribution in [0.4, 0.5) is 0 Å². The third kappa shape index (κ3) is 3.14. The minimum absolute atomic E-state index is 0.882. The molecule has 7 aromatic carbocycles. The maximum atomic E-state index is 5.15. The van der Waals surface area contributed by atoms with Crippen LogP contribution in [0.5, 0.6) is 0 Å². The van der Waals surface area contributed by atoms with E-state index >= 15 is 0 Å². The number of hydrogen-bond acceptors (Lipinski definition) is 2. The minimum Gasteiger partial charge on any atom is -0.252 e. The van der Waals surface area contributed by atoms with E-state index in [1.54, 1.807) is 0 Å². The van der Waals surface area contributed by atoms with Crippen LogP contribution in [-0.2, 0) is 0 Å². The lowest BCUT2D eigenvalue weighted by Crippen LogP contribution is -1.92. The molecule has 0 aliphatic rings. The van der Waals surface area contributed by atoms with Crippen LogP contribution >= 0.6 is 0 Å². The Hall–Kier alpha value is -5.08. The zero-order chi connectivity index (χ0) is 25.1. The van der Waals surface area contributed by atoms with Gasteiger partial charge in [0.25, 0.3) is 0 Å². The molecule has 0 bridgehead atoms. The number of fused-ring (bicyclic) bond motifs is 9. The second-order valence-electron chi connectivity index (χ2n) is 9.81. The Balaban J connectivity index is 1.29. The van der Waals surface area contributed by atoms with E-state index in [0.29, 0.717) is 0 Å². The van der Waals surface area contributed by atoms with Crippen molar-refractivity contribution in [1.29, 1.82) is 0 Å². The predicted octanol–water partition coefficient (Wildman–Crippen LogP) is 9.58. The van der Waals surface area contributed by atoms with Gasteiger partial charge in [0.15, 0.2) is 0 Å². The van der Waals surface area contributed by atoms with Gasteiger partial charge in [-0.25, -0.2) is 4.98 Å². The van der Waals surface area contributed by atoms with Gasteiger partial charge in [-0.3, -0.25) is 4.98 Å². The zero-order valence-electron chi connectivity index (χ0n) is 20.6. The van der Waals surface area contributed by atoms with Gasteiger partial charge in [-0.1, -0.05) is 121 Å². The molecule has 0 radical (unpaired) electrons. The van der Waals surface area contributed by atoms with E-state index in [-0.39, 0.29) is 0 Å². The van der Waals surface area contributed by atoms with Crippen molar-refractivity contribution in [2.45, 2.75) is 0 Å². The first-order valence-corrected chi connectivity index (χ1v) is 12.9.